The molecule has 4 nitrogen and oxygen atoms in total. The Morgan fingerprint density at radius 1 is 1.10 bits per heavy atom. The molecular formula is C15H16ClN3O. The van der Waals surface area contributed by atoms with E-state index in [0.29, 0.717) is 16.4 Å². The number of nitrogens with two attached hydrogens (primary N) is 1. The first kappa shape index (κ1) is 14.2. The van der Waals surface area contributed by atoms with Crippen LogP contribution in [0.4, 0.5) is 21.9 Å². The fraction of sp³-hybridized carbons (Fsp3) is 0.133. The highest BCUT2D eigenvalue weighted by molar-refractivity contribution is 6.30. The van der Waals surface area contributed by atoms with Gasteiger partial charge >= 0.3 is 6.03 Å². The van der Waals surface area contributed by atoms with Crippen LogP contribution in [0.15, 0.2) is 36.4 Å². The molecule has 0 aliphatic carbocycles. The molecular weight excluding hydrogens is 274 g/mol. The van der Waals surface area contributed by atoms with Crippen molar-refractivity contribution >= 4 is 34.7 Å². The van der Waals surface area contributed by atoms with Gasteiger partial charge in [-0.25, -0.2) is 4.79 Å². The second kappa shape index (κ2) is 5.84. The molecule has 0 atom stereocenters. The Labute approximate surface area is 122 Å². The molecule has 4 N–H and O–H groups in total. The predicted octanol–water partition coefficient (Wildman–Crippen LogP) is 4.18. The molecule has 0 saturated heterocycles. The van der Waals surface area contributed by atoms with Crippen molar-refractivity contribution < 1.29 is 4.79 Å². The Bertz CT molecular complexity index is 632. The number of halogens is 1. The van der Waals surface area contributed by atoms with Crippen molar-refractivity contribution in [3.05, 3.63) is 52.5 Å². The van der Waals surface area contributed by atoms with Crippen LogP contribution < -0.4 is 16.4 Å². The SMILES string of the molecule is Cc1cc(N)cc(C)c1NC(=O)Nc1cccc(Cl)c1. The van der Waals surface area contributed by atoms with Crippen LogP contribution in [0, 0.1) is 13.8 Å². The van der Waals surface area contributed by atoms with Gasteiger partial charge in [0.15, 0.2) is 0 Å². The fourth-order valence-electron chi connectivity index (χ4n) is 2.04. The molecule has 0 saturated carbocycles. The molecule has 0 unspecified atom stereocenters. The maximum atomic E-state index is 12.0. The van der Waals surface area contributed by atoms with Crippen LogP contribution in [0.5, 0.6) is 0 Å². The van der Waals surface area contributed by atoms with E-state index in [4.69, 9.17) is 17.3 Å². The van der Waals surface area contributed by atoms with Crippen molar-refractivity contribution in [2.45, 2.75) is 13.8 Å². The van der Waals surface area contributed by atoms with Crippen molar-refractivity contribution in [3.63, 3.8) is 0 Å². The minimum atomic E-state index is -0.316. The summed E-state index contributed by atoms with van der Waals surface area (Å²) in [5.74, 6) is 0. The number of aryl methyl sites for hydroxylation is 2. The Morgan fingerprint density at radius 3 is 2.35 bits per heavy atom. The number of anilines is 3. The van der Waals surface area contributed by atoms with Gasteiger partial charge in [0.2, 0.25) is 0 Å². The summed E-state index contributed by atoms with van der Waals surface area (Å²) in [6.45, 7) is 3.80. The highest BCUT2D eigenvalue weighted by atomic mass is 35.5. The number of hydrogen-bond acceptors (Lipinski definition) is 2. The fourth-order valence-corrected chi connectivity index (χ4v) is 2.23. The van der Waals surface area contributed by atoms with Crippen LogP contribution >= 0.6 is 11.6 Å². The number of benzene rings is 2. The van der Waals surface area contributed by atoms with E-state index >= 15 is 0 Å². The van der Waals surface area contributed by atoms with Crippen LogP contribution in [-0.4, -0.2) is 6.03 Å². The van der Waals surface area contributed by atoms with Crippen LogP contribution in [0.1, 0.15) is 11.1 Å². The second-order valence-electron chi connectivity index (χ2n) is 4.62. The van der Waals surface area contributed by atoms with Crippen LogP contribution in [0.3, 0.4) is 0 Å². The summed E-state index contributed by atoms with van der Waals surface area (Å²) in [4.78, 5) is 12.0. The summed E-state index contributed by atoms with van der Waals surface area (Å²) < 4.78 is 0. The molecule has 5 heteroatoms. The number of nitrogens with one attached hydrogen (secondary N) is 2. The minimum Gasteiger partial charge on any atom is -0.399 e. The number of hydrogen-bond donors (Lipinski definition) is 3. The number of nitrogen functional groups attached to an aromatic ring is 1. The first-order valence-corrected chi connectivity index (χ1v) is 6.54. The molecule has 0 heterocycles. The number of urea groups is 1. The molecule has 2 aromatic rings. The van der Waals surface area contributed by atoms with Crippen molar-refractivity contribution in [3.8, 4) is 0 Å². The number of amides is 2. The van der Waals surface area contributed by atoms with Gasteiger partial charge in [-0.1, -0.05) is 17.7 Å². The van der Waals surface area contributed by atoms with Gasteiger partial charge in [-0.05, 0) is 55.3 Å². The molecule has 0 radical (unpaired) electrons. The van der Waals surface area contributed by atoms with Gasteiger partial charge in [0.1, 0.15) is 0 Å². The van der Waals surface area contributed by atoms with Crippen LogP contribution in [0.2, 0.25) is 5.02 Å². The van der Waals surface area contributed by atoms with Crippen LogP contribution in [0.25, 0.3) is 0 Å². The predicted molar refractivity (Wildman–Crippen MR) is 84.4 cm³/mol. The maximum absolute atomic E-state index is 12.0. The van der Waals surface area contributed by atoms with Gasteiger partial charge < -0.3 is 16.4 Å². The highest BCUT2D eigenvalue weighted by Crippen LogP contribution is 2.23. The molecule has 0 aliphatic heterocycles. The molecule has 2 aromatic carbocycles. The Morgan fingerprint density at radius 2 is 1.75 bits per heavy atom. The molecule has 2 rings (SSSR count). The minimum absolute atomic E-state index is 0.316. The van der Waals surface area contributed by atoms with E-state index in [-0.39, 0.29) is 6.03 Å². The van der Waals surface area contributed by atoms with Crippen molar-refractivity contribution in [1.29, 1.82) is 0 Å². The maximum Gasteiger partial charge on any atom is 0.323 e. The van der Waals surface area contributed by atoms with E-state index in [9.17, 15) is 4.79 Å². The lowest BCUT2D eigenvalue weighted by Gasteiger charge is -2.13. The molecule has 104 valence electrons. The first-order valence-electron chi connectivity index (χ1n) is 6.16. The van der Waals surface area contributed by atoms with E-state index in [1.54, 1.807) is 24.3 Å². The van der Waals surface area contributed by atoms with Gasteiger partial charge in [0, 0.05) is 22.1 Å². The molecule has 0 bridgehead atoms. The van der Waals surface area contributed by atoms with Crippen molar-refractivity contribution in [2.75, 3.05) is 16.4 Å². The summed E-state index contributed by atoms with van der Waals surface area (Å²) in [7, 11) is 0. The van der Waals surface area contributed by atoms with Gasteiger partial charge in [-0.15, -0.1) is 0 Å². The molecule has 0 aliphatic rings. The topological polar surface area (TPSA) is 67.1 Å². The number of rotatable bonds is 2. The average Bonchev–Trinajstić information content (AvgIpc) is 2.33. The average molecular weight is 290 g/mol. The lowest BCUT2D eigenvalue weighted by Crippen LogP contribution is -2.20. The Kier molecular flexibility index (Phi) is 4.15. The van der Waals surface area contributed by atoms with E-state index in [1.807, 2.05) is 26.0 Å². The zero-order valence-electron chi connectivity index (χ0n) is 11.3. The number of carbonyl (C=O) groups excluding carboxylic acids is 1. The van der Waals surface area contributed by atoms with Gasteiger partial charge in [-0.2, -0.15) is 0 Å². The third-order valence-electron chi connectivity index (χ3n) is 2.88. The van der Waals surface area contributed by atoms with Gasteiger partial charge in [0.25, 0.3) is 0 Å². The van der Waals surface area contributed by atoms with Crippen molar-refractivity contribution in [2.24, 2.45) is 0 Å². The molecule has 20 heavy (non-hydrogen) atoms. The first-order chi connectivity index (χ1) is 9.45. The van der Waals surface area contributed by atoms with E-state index in [2.05, 4.69) is 10.6 Å². The molecule has 0 spiro atoms. The summed E-state index contributed by atoms with van der Waals surface area (Å²) in [6.07, 6.45) is 0. The lowest BCUT2D eigenvalue weighted by atomic mass is 10.1. The Hall–Kier alpha value is -2.20. The third kappa shape index (κ3) is 3.42. The molecule has 0 fully saturated rings. The highest BCUT2D eigenvalue weighted by Gasteiger charge is 2.08. The van der Waals surface area contributed by atoms with E-state index in [1.165, 1.54) is 0 Å². The Balaban J connectivity index is 2.13. The number of carbonyl (C=O) groups is 1. The summed E-state index contributed by atoms with van der Waals surface area (Å²) >= 11 is 5.87. The quantitative estimate of drug-likeness (QED) is 0.726. The molecule has 0 aromatic heterocycles. The summed E-state index contributed by atoms with van der Waals surface area (Å²) in [6, 6.07) is 10.3. The second-order valence-corrected chi connectivity index (χ2v) is 5.06. The van der Waals surface area contributed by atoms with E-state index in [0.717, 1.165) is 16.8 Å². The molecule has 2 amide bonds. The third-order valence-corrected chi connectivity index (χ3v) is 3.11. The van der Waals surface area contributed by atoms with Crippen LogP contribution in [-0.2, 0) is 0 Å². The van der Waals surface area contributed by atoms with Gasteiger partial charge in [-0.3, -0.25) is 0 Å². The van der Waals surface area contributed by atoms with Gasteiger partial charge in [0.05, 0.1) is 0 Å². The zero-order valence-corrected chi connectivity index (χ0v) is 12.1. The zero-order chi connectivity index (χ0) is 14.7. The summed E-state index contributed by atoms with van der Waals surface area (Å²) in [5.41, 5.74) is 9.68. The lowest BCUT2D eigenvalue weighted by molar-refractivity contribution is 0.262. The monoisotopic (exact) mass is 289 g/mol. The normalized spacial score (nSPS) is 10.2. The summed E-state index contributed by atoms with van der Waals surface area (Å²) in [5, 5.41) is 6.13. The van der Waals surface area contributed by atoms with Crippen molar-refractivity contribution in [1.82, 2.24) is 0 Å². The van der Waals surface area contributed by atoms with E-state index < -0.39 is 0 Å². The smallest absolute Gasteiger partial charge is 0.323 e. The standard InChI is InChI=1S/C15H16ClN3O/c1-9-6-12(17)7-10(2)14(9)19-15(20)18-13-5-3-4-11(16)8-13/h3-8H,17H2,1-2H3,(H2,18,19,20). The largest absolute Gasteiger partial charge is 0.399 e.